The number of rotatable bonds is 8. The minimum Gasteiger partial charge on any atom is -0.382 e. The largest absolute Gasteiger partial charge is 0.490 e. The molecule has 168 valence electrons. The van der Waals surface area contributed by atoms with Crippen LogP contribution in [0, 0.1) is 0 Å². The van der Waals surface area contributed by atoms with Gasteiger partial charge in [-0.3, -0.25) is 9.09 Å². The standard InChI is InChI=1S/C10H17N6O11P3/c11-5-1-7(16-4-15-8-9(12)13-3-14-10(8)16)25-6(5)2-24-29(20,21)27-30(22,23)26-28(17,18)19/h3-7H,1-2,11H2,(H,20,21)(H,22,23)(H2,12,13,14)(H2,17,18,19)/t5?,6-,7-/m1/s1. The van der Waals surface area contributed by atoms with Crippen LogP contribution in [-0.2, 0) is 31.6 Å². The van der Waals surface area contributed by atoms with Crippen molar-refractivity contribution in [3.8, 4) is 0 Å². The van der Waals surface area contributed by atoms with E-state index in [1.807, 2.05) is 0 Å². The highest BCUT2D eigenvalue weighted by atomic mass is 31.3. The first kappa shape index (κ1) is 23.3. The van der Waals surface area contributed by atoms with Crippen LogP contribution in [-0.4, -0.2) is 57.8 Å². The van der Waals surface area contributed by atoms with Gasteiger partial charge in [-0.15, -0.1) is 0 Å². The third-order valence-corrected chi connectivity index (χ3v) is 7.60. The van der Waals surface area contributed by atoms with Crippen LogP contribution in [0.4, 0.5) is 5.82 Å². The quantitative estimate of drug-likeness (QED) is 0.251. The van der Waals surface area contributed by atoms with Crippen molar-refractivity contribution < 1.29 is 51.2 Å². The second-order valence-electron chi connectivity index (χ2n) is 6.00. The van der Waals surface area contributed by atoms with E-state index in [1.165, 1.54) is 17.2 Å². The number of aromatic nitrogens is 4. The summed E-state index contributed by atoms with van der Waals surface area (Å²) < 4.78 is 52.8. The van der Waals surface area contributed by atoms with Gasteiger partial charge in [0, 0.05) is 12.5 Å². The van der Waals surface area contributed by atoms with E-state index in [-0.39, 0.29) is 12.2 Å². The van der Waals surface area contributed by atoms with Crippen molar-refractivity contribution >= 4 is 40.4 Å². The summed E-state index contributed by atoms with van der Waals surface area (Å²) in [6, 6.07) is -0.695. The Bertz CT molecular complexity index is 1070. The molecule has 0 aromatic carbocycles. The Kier molecular flexibility index (Phi) is 6.47. The minimum atomic E-state index is -5.61. The number of nitrogen functional groups attached to an aromatic ring is 1. The van der Waals surface area contributed by atoms with Gasteiger partial charge in [0.1, 0.15) is 18.1 Å². The van der Waals surface area contributed by atoms with E-state index in [9.17, 15) is 18.6 Å². The van der Waals surface area contributed by atoms with Crippen LogP contribution in [0.5, 0.6) is 0 Å². The van der Waals surface area contributed by atoms with E-state index < -0.39 is 48.4 Å². The van der Waals surface area contributed by atoms with Gasteiger partial charge in [-0.2, -0.15) is 8.62 Å². The number of anilines is 1. The predicted molar refractivity (Wildman–Crippen MR) is 96.1 cm³/mol. The average Bonchev–Trinajstić information content (AvgIpc) is 3.14. The van der Waals surface area contributed by atoms with Crippen molar-refractivity contribution in [2.24, 2.45) is 5.73 Å². The molecule has 0 radical (unpaired) electrons. The lowest BCUT2D eigenvalue weighted by Crippen LogP contribution is -2.33. The summed E-state index contributed by atoms with van der Waals surface area (Å²) >= 11 is 0. The molecule has 3 rings (SSSR count). The smallest absolute Gasteiger partial charge is 0.382 e. The van der Waals surface area contributed by atoms with Crippen molar-refractivity contribution in [3.05, 3.63) is 12.7 Å². The second kappa shape index (κ2) is 8.31. The fraction of sp³-hybridized carbons (Fsp3) is 0.500. The van der Waals surface area contributed by atoms with Gasteiger partial charge >= 0.3 is 23.5 Å². The molecule has 2 aromatic heterocycles. The Hall–Kier alpha value is -1.32. The normalized spacial score (nSPS) is 26.5. The first-order valence-corrected chi connectivity index (χ1v) is 12.4. The third kappa shape index (κ3) is 5.68. The summed E-state index contributed by atoms with van der Waals surface area (Å²) in [6.45, 7) is -0.662. The van der Waals surface area contributed by atoms with E-state index in [0.717, 1.165) is 0 Å². The summed E-state index contributed by atoms with van der Waals surface area (Å²) in [5.74, 6) is 0.158. The number of imidazole rings is 1. The highest BCUT2D eigenvalue weighted by Gasteiger charge is 2.42. The molecule has 1 aliphatic rings. The molecule has 8 N–H and O–H groups in total. The van der Waals surface area contributed by atoms with Crippen LogP contribution in [0.1, 0.15) is 12.6 Å². The molecule has 0 spiro atoms. The number of hydrogen-bond donors (Lipinski definition) is 6. The number of nitrogens with zero attached hydrogens (tertiary/aromatic N) is 4. The van der Waals surface area contributed by atoms with E-state index in [1.54, 1.807) is 0 Å². The lowest BCUT2D eigenvalue weighted by Gasteiger charge is -2.19. The van der Waals surface area contributed by atoms with Crippen molar-refractivity contribution in [2.75, 3.05) is 12.3 Å². The number of fused-ring (bicyclic) bond motifs is 1. The van der Waals surface area contributed by atoms with Crippen molar-refractivity contribution in [3.63, 3.8) is 0 Å². The zero-order valence-corrected chi connectivity index (χ0v) is 17.4. The first-order valence-electron chi connectivity index (χ1n) is 7.89. The fourth-order valence-corrected chi connectivity index (χ4v) is 5.67. The summed E-state index contributed by atoms with van der Waals surface area (Å²) in [4.78, 5) is 47.6. The maximum absolute atomic E-state index is 11.8. The highest BCUT2D eigenvalue weighted by molar-refractivity contribution is 7.66. The van der Waals surface area contributed by atoms with E-state index in [0.29, 0.717) is 11.2 Å². The Labute approximate surface area is 167 Å². The third-order valence-electron chi connectivity index (χ3n) is 3.80. The zero-order valence-electron chi connectivity index (χ0n) is 14.7. The topological polar surface area (TPSA) is 265 Å². The zero-order chi connectivity index (χ0) is 22.3. The molecule has 0 aliphatic carbocycles. The van der Waals surface area contributed by atoms with E-state index in [2.05, 4.69) is 28.1 Å². The molecule has 0 bridgehead atoms. The average molecular weight is 490 g/mol. The Balaban J connectivity index is 1.64. The van der Waals surface area contributed by atoms with Gasteiger partial charge in [-0.1, -0.05) is 0 Å². The maximum Gasteiger partial charge on any atom is 0.490 e. The Morgan fingerprint density at radius 3 is 2.50 bits per heavy atom. The first-order chi connectivity index (χ1) is 13.8. The van der Waals surface area contributed by atoms with Crippen LogP contribution in [0.2, 0.25) is 0 Å². The second-order valence-corrected chi connectivity index (χ2v) is 10.4. The number of hydrogen-bond acceptors (Lipinski definition) is 12. The molecule has 3 heterocycles. The van der Waals surface area contributed by atoms with Crippen LogP contribution in [0.3, 0.4) is 0 Å². The molecule has 1 fully saturated rings. The molecule has 1 saturated heterocycles. The molecule has 20 heteroatoms. The number of phosphoric acid groups is 3. The van der Waals surface area contributed by atoms with E-state index >= 15 is 0 Å². The predicted octanol–water partition coefficient (Wildman–Crippen LogP) is -0.633. The van der Waals surface area contributed by atoms with Crippen LogP contribution in [0.25, 0.3) is 11.2 Å². The number of phosphoric ester groups is 1. The number of nitrogens with two attached hydrogens (primary N) is 2. The molecule has 5 atom stereocenters. The van der Waals surface area contributed by atoms with Crippen LogP contribution >= 0.6 is 23.5 Å². The fourth-order valence-electron chi connectivity index (χ4n) is 2.64. The van der Waals surface area contributed by atoms with Gasteiger partial charge in [0.25, 0.3) is 0 Å². The Morgan fingerprint density at radius 1 is 1.13 bits per heavy atom. The SMILES string of the molecule is Nc1ncnc2c1ncn2[C@H]1CC(N)[C@@H](COP(=O)(O)OP(=O)(O)OP(=O)(O)O)O1. The monoisotopic (exact) mass is 490 g/mol. The molecule has 30 heavy (non-hydrogen) atoms. The summed E-state index contributed by atoms with van der Waals surface area (Å²) in [5.41, 5.74) is 12.4. The molecule has 1 aliphatic heterocycles. The van der Waals surface area contributed by atoms with E-state index in [4.69, 9.17) is 30.9 Å². The molecule has 0 amide bonds. The summed E-state index contributed by atoms with van der Waals surface area (Å²) in [6.07, 6.45) is 1.21. The Morgan fingerprint density at radius 2 is 1.83 bits per heavy atom. The van der Waals surface area contributed by atoms with Gasteiger partial charge in [0.15, 0.2) is 11.5 Å². The van der Waals surface area contributed by atoms with Gasteiger partial charge < -0.3 is 35.8 Å². The van der Waals surface area contributed by atoms with Crippen molar-refractivity contribution in [2.45, 2.75) is 24.8 Å². The summed E-state index contributed by atoms with van der Waals surface area (Å²) in [5, 5.41) is 0. The lowest BCUT2D eigenvalue weighted by atomic mass is 10.1. The van der Waals surface area contributed by atoms with Crippen molar-refractivity contribution in [1.82, 2.24) is 19.5 Å². The van der Waals surface area contributed by atoms with Gasteiger partial charge in [-0.05, 0) is 0 Å². The van der Waals surface area contributed by atoms with Gasteiger partial charge in [-0.25, -0.2) is 28.6 Å². The van der Waals surface area contributed by atoms with Crippen LogP contribution in [0.15, 0.2) is 12.7 Å². The lowest BCUT2D eigenvalue weighted by molar-refractivity contribution is -0.0230. The summed E-state index contributed by atoms with van der Waals surface area (Å²) in [7, 11) is -16.4. The molecule has 0 saturated carbocycles. The minimum absolute atomic E-state index is 0.158. The molecule has 3 unspecified atom stereocenters. The molecule has 2 aromatic rings. The van der Waals surface area contributed by atoms with Crippen molar-refractivity contribution in [1.29, 1.82) is 0 Å². The highest BCUT2D eigenvalue weighted by Crippen LogP contribution is 2.66. The van der Waals surface area contributed by atoms with Crippen LogP contribution < -0.4 is 11.5 Å². The number of ether oxygens (including phenoxy) is 1. The molecular weight excluding hydrogens is 473 g/mol. The maximum atomic E-state index is 11.8. The molecular formula is C10H17N6O11P3. The van der Waals surface area contributed by atoms with Gasteiger partial charge in [0.2, 0.25) is 0 Å². The molecule has 17 nitrogen and oxygen atoms in total. The van der Waals surface area contributed by atoms with Gasteiger partial charge in [0.05, 0.1) is 19.0 Å².